The minimum Gasteiger partial charge on any atom is -0.354 e. The fraction of sp³-hybridized carbons (Fsp3) is 0.450. The lowest BCUT2D eigenvalue weighted by atomic mass is 10.0. The molecule has 1 atom stereocenters. The second-order valence-corrected chi connectivity index (χ2v) is 8.28. The molecule has 28 heavy (non-hydrogen) atoms. The Morgan fingerprint density at radius 2 is 2.18 bits per heavy atom. The molecule has 0 saturated carbocycles. The number of carbonyl (C=O) groups excluding carboxylic acids is 1. The number of aryl methyl sites for hydroxylation is 2. The van der Waals surface area contributed by atoms with Gasteiger partial charge in [-0.15, -0.1) is 11.3 Å². The Morgan fingerprint density at radius 1 is 1.32 bits per heavy atom. The maximum atomic E-state index is 13.0. The van der Waals surface area contributed by atoms with Crippen LogP contribution >= 0.6 is 11.3 Å². The first-order valence-corrected chi connectivity index (χ1v) is 10.4. The minimum atomic E-state index is 0.00726. The summed E-state index contributed by atoms with van der Waals surface area (Å²) < 4.78 is 0. The number of fused-ring (bicyclic) bond motifs is 1. The lowest BCUT2D eigenvalue weighted by Crippen LogP contribution is -2.49. The van der Waals surface area contributed by atoms with Crippen molar-refractivity contribution in [3.05, 3.63) is 41.1 Å². The van der Waals surface area contributed by atoms with Gasteiger partial charge in [0, 0.05) is 37.3 Å². The third-order valence-electron chi connectivity index (χ3n) is 5.42. The van der Waals surface area contributed by atoms with Crippen LogP contribution in [-0.2, 0) is 6.42 Å². The van der Waals surface area contributed by atoms with Crippen LogP contribution < -0.4 is 4.90 Å². The topological polar surface area (TPSA) is 75.1 Å². The van der Waals surface area contributed by atoms with E-state index in [2.05, 4.69) is 44.9 Å². The smallest absolute Gasteiger partial charge is 0.257 e. The molecule has 1 unspecified atom stereocenters. The molecule has 7 nitrogen and oxygen atoms in total. The van der Waals surface area contributed by atoms with Gasteiger partial charge in [-0.2, -0.15) is 0 Å². The van der Waals surface area contributed by atoms with Gasteiger partial charge < -0.3 is 9.80 Å². The average molecular weight is 397 g/mol. The van der Waals surface area contributed by atoms with E-state index < -0.39 is 0 Å². The monoisotopic (exact) mass is 396 g/mol. The molecule has 3 aromatic rings. The van der Waals surface area contributed by atoms with Crippen LogP contribution in [0.4, 0.5) is 5.82 Å². The summed E-state index contributed by atoms with van der Waals surface area (Å²) in [7, 11) is 2.07. The van der Waals surface area contributed by atoms with E-state index in [0.717, 1.165) is 47.5 Å². The van der Waals surface area contributed by atoms with Gasteiger partial charge in [0.2, 0.25) is 0 Å². The molecule has 0 spiro atoms. The molecule has 1 aliphatic heterocycles. The van der Waals surface area contributed by atoms with Gasteiger partial charge >= 0.3 is 0 Å². The van der Waals surface area contributed by atoms with E-state index in [1.165, 1.54) is 11.2 Å². The Bertz CT molecular complexity index is 1000. The van der Waals surface area contributed by atoms with Crippen molar-refractivity contribution in [2.75, 3.05) is 25.0 Å². The second kappa shape index (κ2) is 7.79. The predicted octanol–water partition coefficient (Wildman–Crippen LogP) is 3.09. The molecule has 1 amide bonds. The Morgan fingerprint density at radius 3 is 2.96 bits per heavy atom. The largest absolute Gasteiger partial charge is 0.354 e. The Hall–Kier alpha value is -2.61. The molecule has 8 heteroatoms. The summed E-state index contributed by atoms with van der Waals surface area (Å²) in [6.45, 7) is 5.43. The average Bonchev–Trinajstić information content (AvgIpc) is 3.17. The fourth-order valence-electron chi connectivity index (χ4n) is 3.75. The van der Waals surface area contributed by atoms with E-state index in [0.29, 0.717) is 12.1 Å². The highest BCUT2D eigenvalue weighted by Crippen LogP contribution is 2.32. The van der Waals surface area contributed by atoms with Crippen LogP contribution in [0.25, 0.3) is 10.2 Å². The molecule has 0 aliphatic carbocycles. The lowest BCUT2D eigenvalue weighted by Gasteiger charge is -2.38. The number of hydrogen-bond acceptors (Lipinski definition) is 7. The number of likely N-dealkylation sites (tertiary alicyclic amines) is 1. The van der Waals surface area contributed by atoms with Gasteiger partial charge in [-0.05, 0) is 32.3 Å². The first kappa shape index (κ1) is 18.7. The van der Waals surface area contributed by atoms with Crippen LogP contribution in [0.1, 0.15) is 40.7 Å². The number of piperidine rings is 1. The van der Waals surface area contributed by atoms with Gasteiger partial charge in [0.25, 0.3) is 5.91 Å². The van der Waals surface area contributed by atoms with Crippen molar-refractivity contribution in [2.45, 2.75) is 39.2 Å². The van der Waals surface area contributed by atoms with Crippen molar-refractivity contribution >= 4 is 33.3 Å². The quantitative estimate of drug-likeness (QED) is 0.675. The third-order valence-corrected chi connectivity index (χ3v) is 6.60. The lowest BCUT2D eigenvalue weighted by molar-refractivity contribution is 0.0705. The fourth-order valence-corrected chi connectivity index (χ4v) is 4.68. The number of anilines is 1. The van der Waals surface area contributed by atoms with Crippen LogP contribution in [-0.4, -0.2) is 56.9 Å². The van der Waals surface area contributed by atoms with Gasteiger partial charge in [-0.1, -0.05) is 6.92 Å². The van der Waals surface area contributed by atoms with Gasteiger partial charge in [0.05, 0.1) is 16.6 Å². The van der Waals surface area contributed by atoms with E-state index in [9.17, 15) is 4.79 Å². The molecule has 0 aromatic carbocycles. The van der Waals surface area contributed by atoms with Crippen LogP contribution in [0, 0.1) is 6.92 Å². The molecular formula is C20H24N6OS. The van der Waals surface area contributed by atoms with E-state index in [1.54, 1.807) is 23.9 Å². The predicted molar refractivity (Wildman–Crippen MR) is 111 cm³/mol. The number of thiophene rings is 1. The number of carbonyl (C=O) groups is 1. The highest BCUT2D eigenvalue weighted by molar-refractivity contribution is 7.18. The molecule has 146 valence electrons. The summed E-state index contributed by atoms with van der Waals surface area (Å²) in [5.74, 6) is 0.951. The second-order valence-electron chi connectivity index (χ2n) is 7.16. The summed E-state index contributed by atoms with van der Waals surface area (Å²) in [6.07, 6.45) is 7.72. The van der Waals surface area contributed by atoms with Crippen LogP contribution in [0.2, 0.25) is 0 Å². The van der Waals surface area contributed by atoms with Crippen LogP contribution in [0.15, 0.2) is 24.9 Å². The van der Waals surface area contributed by atoms with Crippen LogP contribution in [0.5, 0.6) is 0 Å². The number of likely N-dealkylation sites (N-methyl/N-ethyl adjacent to an activating group) is 1. The van der Waals surface area contributed by atoms with E-state index in [4.69, 9.17) is 0 Å². The van der Waals surface area contributed by atoms with Crippen molar-refractivity contribution in [3.8, 4) is 0 Å². The number of aromatic nitrogens is 4. The van der Waals surface area contributed by atoms with E-state index in [1.807, 2.05) is 11.8 Å². The van der Waals surface area contributed by atoms with Gasteiger partial charge in [-0.3, -0.25) is 4.79 Å². The van der Waals surface area contributed by atoms with E-state index >= 15 is 0 Å². The number of rotatable bonds is 4. The number of nitrogens with zero attached hydrogens (tertiary/aromatic N) is 6. The van der Waals surface area contributed by atoms with Crippen molar-refractivity contribution in [1.29, 1.82) is 0 Å². The highest BCUT2D eigenvalue weighted by Gasteiger charge is 2.29. The number of amides is 1. The first-order valence-electron chi connectivity index (χ1n) is 9.60. The molecule has 0 N–H and O–H groups in total. The first-order chi connectivity index (χ1) is 13.6. The molecule has 3 aromatic heterocycles. The zero-order valence-corrected chi connectivity index (χ0v) is 17.2. The van der Waals surface area contributed by atoms with Crippen molar-refractivity contribution < 1.29 is 4.79 Å². The zero-order valence-electron chi connectivity index (χ0n) is 16.4. The van der Waals surface area contributed by atoms with Crippen molar-refractivity contribution in [1.82, 2.24) is 24.8 Å². The maximum Gasteiger partial charge on any atom is 0.257 e. The summed E-state index contributed by atoms with van der Waals surface area (Å²) >= 11 is 1.72. The normalized spacial score (nSPS) is 17.1. The zero-order chi connectivity index (χ0) is 19.7. The van der Waals surface area contributed by atoms with Gasteiger partial charge in [-0.25, -0.2) is 19.9 Å². The number of hydrogen-bond donors (Lipinski definition) is 0. The SMILES string of the molecule is CCc1cc2c(N(C)C3CCCN(C(=O)c4cncnc4C)C3)ncnc2s1. The third kappa shape index (κ3) is 3.44. The Balaban J connectivity index is 1.57. The van der Waals surface area contributed by atoms with Gasteiger partial charge in [0.15, 0.2) is 0 Å². The highest BCUT2D eigenvalue weighted by atomic mass is 32.1. The molecule has 0 bridgehead atoms. The maximum absolute atomic E-state index is 13.0. The molecule has 4 heterocycles. The summed E-state index contributed by atoms with van der Waals surface area (Å²) in [5.41, 5.74) is 1.30. The molecule has 1 aliphatic rings. The molecule has 4 rings (SSSR count). The Labute approximate surface area is 168 Å². The molecule has 1 fully saturated rings. The summed E-state index contributed by atoms with van der Waals surface area (Å²) in [5, 5.41) is 1.10. The molecular weight excluding hydrogens is 372 g/mol. The summed E-state index contributed by atoms with van der Waals surface area (Å²) in [6, 6.07) is 2.41. The van der Waals surface area contributed by atoms with Crippen molar-refractivity contribution in [3.63, 3.8) is 0 Å². The molecule has 1 saturated heterocycles. The minimum absolute atomic E-state index is 0.00726. The molecule has 0 radical (unpaired) electrons. The van der Waals surface area contributed by atoms with Gasteiger partial charge in [0.1, 0.15) is 23.3 Å². The standard InChI is InChI=1S/C20H24N6OS/c1-4-15-8-16-18(23-12-24-19(16)28-15)25(3)14-6-5-7-26(10-14)20(27)17-9-21-11-22-13(17)2/h8-9,11-12,14H,4-7,10H2,1-3H3. The summed E-state index contributed by atoms with van der Waals surface area (Å²) in [4.78, 5) is 36.6. The van der Waals surface area contributed by atoms with Crippen LogP contribution in [0.3, 0.4) is 0 Å². The van der Waals surface area contributed by atoms with E-state index in [-0.39, 0.29) is 11.9 Å². The van der Waals surface area contributed by atoms with Crippen molar-refractivity contribution in [2.24, 2.45) is 0 Å². The Kier molecular flexibility index (Phi) is 5.21.